The molecule has 0 fully saturated rings. The summed E-state index contributed by atoms with van der Waals surface area (Å²) >= 11 is 0. The highest BCUT2D eigenvalue weighted by molar-refractivity contribution is 7.89. The molecule has 1 heterocycles. The molecule has 0 bridgehead atoms. The van der Waals surface area contributed by atoms with Gasteiger partial charge < -0.3 is 4.98 Å². The molecule has 34 heavy (non-hydrogen) atoms. The first-order valence-corrected chi connectivity index (χ1v) is 12.4. The average molecular weight is 475 g/mol. The predicted octanol–water partition coefficient (Wildman–Crippen LogP) is 4.74. The molecule has 0 aliphatic carbocycles. The summed E-state index contributed by atoms with van der Waals surface area (Å²) in [4.78, 5) is 27.5. The van der Waals surface area contributed by atoms with Gasteiger partial charge in [-0.1, -0.05) is 42.5 Å². The van der Waals surface area contributed by atoms with Crippen molar-refractivity contribution in [1.29, 1.82) is 0 Å². The molecule has 6 nitrogen and oxygen atoms in total. The smallest absolute Gasteiger partial charge is 0.252 e. The van der Waals surface area contributed by atoms with Crippen LogP contribution in [0.4, 0.5) is 0 Å². The normalized spacial score (nSPS) is 11.8. The van der Waals surface area contributed by atoms with E-state index in [9.17, 15) is 18.0 Å². The number of nitrogens with one attached hydrogen (secondary N) is 1. The third kappa shape index (κ3) is 4.85. The molecule has 3 aromatic carbocycles. The third-order valence-electron chi connectivity index (χ3n) is 5.98. The lowest BCUT2D eigenvalue weighted by Crippen LogP contribution is -2.32. The fourth-order valence-corrected chi connectivity index (χ4v) is 5.26. The Hall–Kier alpha value is -3.55. The number of carbonyl (C=O) groups is 1. The number of fused-ring (bicyclic) bond motifs is 1. The molecule has 4 rings (SSSR count). The van der Waals surface area contributed by atoms with Gasteiger partial charge in [0, 0.05) is 29.7 Å². The van der Waals surface area contributed by atoms with E-state index < -0.39 is 10.0 Å². The lowest BCUT2D eigenvalue weighted by Gasteiger charge is -2.22. The number of hydrogen-bond donors (Lipinski definition) is 1. The van der Waals surface area contributed by atoms with E-state index in [1.165, 1.54) is 35.5 Å². The number of pyridine rings is 1. The van der Waals surface area contributed by atoms with Crippen molar-refractivity contribution < 1.29 is 13.2 Å². The zero-order valence-electron chi connectivity index (χ0n) is 19.3. The van der Waals surface area contributed by atoms with Gasteiger partial charge in [0.05, 0.1) is 4.90 Å². The number of ketones is 1. The van der Waals surface area contributed by atoms with E-state index in [0.717, 1.165) is 22.1 Å². The maximum absolute atomic E-state index is 13.6. The summed E-state index contributed by atoms with van der Waals surface area (Å²) in [6.07, 6.45) is 0. The summed E-state index contributed by atoms with van der Waals surface area (Å²) in [5.41, 5.74) is 4.14. The Labute approximate surface area is 198 Å². The zero-order chi connectivity index (χ0) is 24.5. The first-order chi connectivity index (χ1) is 16.1. The molecule has 0 atom stereocenters. The van der Waals surface area contributed by atoms with E-state index in [0.29, 0.717) is 16.6 Å². The largest absolute Gasteiger partial charge is 0.322 e. The summed E-state index contributed by atoms with van der Waals surface area (Å²) in [5.74, 6) is -0.140. The van der Waals surface area contributed by atoms with Gasteiger partial charge >= 0.3 is 0 Å². The van der Waals surface area contributed by atoms with Gasteiger partial charge in [0.25, 0.3) is 5.56 Å². The number of aromatic nitrogens is 1. The molecule has 7 heteroatoms. The maximum atomic E-state index is 13.6. The van der Waals surface area contributed by atoms with Gasteiger partial charge in [-0.05, 0) is 73.2 Å². The van der Waals surface area contributed by atoms with E-state index in [1.54, 1.807) is 6.07 Å². The van der Waals surface area contributed by atoms with Gasteiger partial charge in [-0.2, -0.15) is 4.31 Å². The van der Waals surface area contributed by atoms with Crippen molar-refractivity contribution in [3.05, 3.63) is 111 Å². The van der Waals surface area contributed by atoms with Crippen molar-refractivity contribution in [3.8, 4) is 0 Å². The van der Waals surface area contributed by atoms with Gasteiger partial charge in [0.1, 0.15) is 0 Å². The molecular weight excluding hydrogens is 448 g/mol. The summed E-state index contributed by atoms with van der Waals surface area (Å²) in [5, 5.41) is 0.848. The third-order valence-corrected chi connectivity index (χ3v) is 7.79. The molecular formula is C27H26N2O4S. The number of aromatic amines is 1. The number of Topliss-reactive ketones (excluding diaryl/α,β-unsaturated/α-hetero) is 1. The van der Waals surface area contributed by atoms with E-state index in [2.05, 4.69) is 4.98 Å². The first kappa shape index (κ1) is 23.6. The van der Waals surface area contributed by atoms with Crippen LogP contribution < -0.4 is 5.56 Å². The number of sulfonamides is 1. The summed E-state index contributed by atoms with van der Waals surface area (Å²) < 4.78 is 28.5. The number of H-pyrrole nitrogens is 1. The first-order valence-electron chi connectivity index (χ1n) is 10.9. The van der Waals surface area contributed by atoms with Gasteiger partial charge in [-0.15, -0.1) is 0 Å². The van der Waals surface area contributed by atoms with Crippen LogP contribution in [0.2, 0.25) is 0 Å². The molecule has 0 saturated carbocycles. The Morgan fingerprint density at radius 2 is 1.53 bits per heavy atom. The second-order valence-corrected chi connectivity index (χ2v) is 10.4. The molecule has 1 aromatic heterocycles. The Balaban J connectivity index is 1.77. The molecule has 0 radical (unpaired) electrons. The number of carbonyl (C=O) groups excluding carboxylic acids is 1. The Morgan fingerprint density at radius 1 is 0.882 bits per heavy atom. The standard InChI is InChI=1S/C27H26N2O4S/c1-18-13-23-15-24(27(31)28-26(23)14-19(18)2)17-29(16-21-7-5-4-6-8-21)34(32,33)25-11-9-22(10-12-25)20(3)30/h4-15H,16-17H2,1-3H3,(H,28,31). The van der Waals surface area contributed by atoms with Crippen LogP contribution in [0, 0.1) is 13.8 Å². The van der Waals surface area contributed by atoms with Crippen molar-refractivity contribution >= 4 is 26.7 Å². The fraction of sp³-hybridized carbons (Fsp3) is 0.185. The predicted molar refractivity (Wildman–Crippen MR) is 133 cm³/mol. The van der Waals surface area contributed by atoms with E-state index in [-0.39, 0.29) is 29.3 Å². The lowest BCUT2D eigenvalue weighted by molar-refractivity contribution is 0.101. The molecule has 4 aromatic rings. The molecule has 0 aliphatic rings. The Morgan fingerprint density at radius 3 is 2.18 bits per heavy atom. The van der Waals surface area contributed by atoms with Crippen molar-refractivity contribution in [1.82, 2.24) is 9.29 Å². The van der Waals surface area contributed by atoms with Crippen molar-refractivity contribution in [2.45, 2.75) is 38.8 Å². The van der Waals surface area contributed by atoms with Crippen LogP contribution in [-0.4, -0.2) is 23.5 Å². The van der Waals surface area contributed by atoms with Crippen LogP contribution in [0.1, 0.15) is 39.5 Å². The van der Waals surface area contributed by atoms with Crippen molar-refractivity contribution in [2.75, 3.05) is 0 Å². The van der Waals surface area contributed by atoms with Gasteiger partial charge in [0.15, 0.2) is 5.78 Å². The highest BCUT2D eigenvalue weighted by Gasteiger charge is 2.26. The molecule has 0 unspecified atom stereocenters. The maximum Gasteiger partial charge on any atom is 0.252 e. The number of rotatable bonds is 7. The molecule has 0 aliphatic heterocycles. The number of aryl methyl sites for hydroxylation is 2. The summed E-state index contributed by atoms with van der Waals surface area (Å²) in [6, 6.07) is 20.8. The molecule has 174 valence electrons. The quantitative estimate of drug-likeness (QED) is 0.392. The summed E-state index contributed by atoms with van der Waals surface area (Å²) in [7, 11) is -3.96. The lowest BCUT2D eigenvalue weighted by atomic mass is 10.0. The minimum Gasteiger partial charge on any atom is -0.322 e. The second-order valence-electron chi connectivity index (χ2n) is 8.49. The minimum absolute atomic E-state index is 0.0668. The van der Waals surface area contributed by atoms with E-state index in [1.807, 2.05) is 56.3 Å². The average Bonchev–Trinajstić information content (AvgIpc) is 2.81. The minimum atomic E-state index is -3.96. The van der Waals surface area contributed by atoms with Crippen LogP contribution in [0.3, 0.4) is 0 Å². The fourth-order valence-electron chi connectivity index (χ4n) is 3.85. The Kier molecular flexibility index (Phi) is 6.50. The monoisotopic (exact) mass is 474 g/mol. The van der Waals surface area contributed by atoms with Crippen LogP contribution in [-0.2, 0) is 23.1 Å². The molecule has 0 amide bonds. The van der Waals surface area contributed by atoms with Gasteiger partial charge in [0.2, 0.25) is 10.0 Å². The highest BCUT2D eigenvalue weighted by Crippen LogP contribution is 2.23. The van der Waals surface area contributed by atoms with E-state index in [4.69, 9.17) is 0 Å². The molecule has 0 spiro atoms. The van der Waals surface area contributed by atoms with Crippen LogP contribution in [0.15, 0.2) is 82.5 Å². The topological polar surface area (TPSA) is 87.3 Å². The van der Waals surface area contributed by atoms with Crippen LogP contribution >= 0.6 is 0 Å². The van der Waals surface area contributed by atoms with Gasteiger partial charge in [-0.25, -0.2) is 8.42 Å². The van der Waals surface area contributed by atoms with Crippen molar-refractivity contribution in [2.24, 2.45) is 0 Å². The summed E-state index contributed by atoms with van der Waals surface area (Å²) in [6.45, 7) is 5.41. The second kappa shape index (κ2) is 9.37. The zero-order valence-corrected chi connectivity index (χ0v) is 20.1. The highest BCUT2D eigenvalue weighted by atomic mass is 32.2. The number of hydrogen-bond acceptors (Lipinski definition) is 4. The Bertz CT molecular complexity index is 1520. The SMILES string of the molecule is CC(=O)c1ccc(S(=O)(=O)N(Cc2ccccc2)Cc2cc3cc(C)c(C)cc3[nH]c2=O)cc1. The molecule has 1 N–H and O–H groups in total. The number of nitrogens with zero attached hydrogens (tertiary/aromatic N) is 1. The van der Waals surface area contributed by atoms with Crippen LogP contribution in [0.25, 0.3) is 10.9 Å². The van der Waals surface area contributed by atoms with Gasteiger partial charge in [-0.3, -0.25) is 9.59 Å². The van der Waals surface area contributed by atoms with E-state index >= 15 is 0 Å². The molecule has 0 saturated heterocycles. The van der Waals surface area contributed by atoms with Crippen LogP contribution in [0.5, 0.6) is 0 Å². The number of benzene rings is 3. The van der Waals surface area contributed by atoms with Crippen molar-refractivity contribution in [3.63, 3.8) is 0 Å².